The number of benzene rings is 2. The van der Waals surface area contributed by atoms with Gasteiger partial charge in [-0.25, -0.2) is 27.1 Å². The number of carbonyl (C=O) groups excluding carboxylic acids is 5. The van der Waals surface area contributed by atoms with Crippen molar-refractivity contribution in [2.45, 2.75) is 133 Å². The van der Waals surface area contributed by atoms with E-state index in [1.807, 2.05) is 19.9 Å². The summed E-state index contributed by atoms with van der Waals surface area (Å²) in [6.07, 6.45) is 3.69. The van der Waals surface area contributed by atoms with Crippen LogP contribution in [0.1, 0.15) is 90.7 Å². The van der Waals surface area contributed by atoms with Gasteiger partial charge in [0.2, 0.25) is 11.8 Å². The third kappa shape index (κ3) is 9.91. The summed E-state index contributed by atoms with van der Waals surface area (Å²) in [5, 5.41) is 5.45. The zero-order valence-electron chi connectivity index (χ0n) is 33.4. The largest absolute Gasteiger partial charge is 0.491 e. The number of halogens is 1. The number of sulfonamides is 1. The van der Waals surface area contributed by atoms with Crippen molar-refractivity contribution in [1.82, 2.24) is 25.2 Å². The van der Waals surface area contributed by atoms with Gasteiger partial charge in [-0.3, -0.25) is 19.3 Å². The molecule has 5 amide bonds. The van der Waals surface area contributed by atoms with Crippen molar-refractivity contribution in [2.24, 2.45) is 5.92 Å². The second-order valence-electron chi connectivity index (χ2n) is 16.6. The maximum Gasteiger partial charge on any atom is 0.410 e. The van der Waals surface area contributed by atoms with Crippen LogP contribution in [0, 0.1) is 11.7 Å². The minimum atomic E-state index is -4.39. The molecule has 3 N–H and O–H groups in total. The Morgan fingerprint density at radius 2 is 1.76 bits per heavy atom. The van der Waals surface area contributed by atoms with Crippen LogP contribution in [0.2, 0.25) is 0 Å². The number of allylic oxidation sites excluding steroid dienone is 1. The van der Waals surface area contributed by atoms with Gasteiger partial charge < -0.3 is 29.7 Å². The van der Waals surface area contributed by atoms with Gasteiger partial charge in [-0.1, -0.05) is 37.1 Å². The van der Waals surface area contributed by atoms with Crippen molar-refractivity contribution in [1.29, 1.82) is 0 Å². The minimum absolute atomic E-state index is 0.0205. The molecule has 6 rings (SSSR count). The van der Waals surface area contributed by atoms with E-state index in [2.05, 4.69) is 15.4 Å². The molecule has 1 saturated carbocycles. The molecule has 4 aliphatic rings. The van der Waals surface area contributed by atoms with Crippen LogP contribution in [-0.4, -0.2) is 90.1 Å². The van der Waals surface area contributed by atoms with E-state index < -0.39 is 81.0 Å². The average molecular weight is 826 g/mol. The van der Waals surface area contributed by atoms with Gasteiger partial charge in [0.15, 0.2) is 0 Å². The quantitative estimate of drug-likeness (QED) is 0.326. The van der Waals surface area contributed by atoms with Gasteiger partial charge >= 0.3 is 12.2 Å². The third-order valence-electron chi connectivity index (χ3n) is 10.5. The number of nitrogens with one attached hydrogen (secondary N) is 3. The van der Waals surface area contributed by atoms with Gasteiger partial charge in [0.05, 0.1) is 24.1 Å². The van der Waals surface area contributed by atoms with Gasteiger partial charge in [0.25, 0.3) is 15.9 Å². The fourth-order valence-corrected chi connectivity index (χ4v) is 8.62. The molecule has 2 aromatic rings. The number of nitrogens with zero attached hydrogens (tertiary/aromatic N) is 2. The molecule has 2 fully saturated rings. The molecular formula is C41H52FN5O10S. The molecule has 5 atom stereocenters. The van der Waals surface area contributed by atoms with Crippen LogP contribution in [0.3, 0.4) is 0 Å². The van der Waals surface area contributed by atoms with Crippen LogP contribution < -0.4 is 20.1 Å². The first-order valence-electron chi connectivity index (χ1n) is 19.7. The number of amides is 5. The maximum absolute atomic E-state index is 14.5. The summed E-state index contributed by atoms with van der Waals surface area (Å²) in [4.78, 5) is 71.6. The van der Waals surface area contributed by atoms with E-state index in [1.165, 1.54) is 40.1 Å². The van der Waals surface area contributed by atoms with Crippen molar-refractivity contribution < 1.29 is 51.0 Å². The first kappa shape index (κ1) is 42.4. The molecule has 0 aromatic heterocycles. The van der Waals surface area contributed by atoms with E-state index in [4.69, 9.17) is 14.2 Å². The highest BCUT2D eigenvalue weighted by Crippen LogP contribution is 2.46. The van der Waals surface area contributed by atoms with Crippen LogP contribution in [0.25, 0.3) is 0 Å². The highest BCUT2D eigenvalue weighted by molar-refractivity contribution is 7.90. The molecule has 2 aromatic carbocycles. The Morgan fingerprint density at radius 3 is 2.45 bits per heavy atom. The number of rotatable bonds is 7. The molecule has 0 unspecified atom stereocenters. The Hall–Kier alpha value is -5.19. The van der Waals surface area contributed by atoms with Crippen LogP contribution in [0.5, 0.6) is 5.75 Å². The lowest BCUT2D eigenvalue weighted by molar-refractivity contribution is -0.141. The van der Waals surface area contributed by atoms with Gasteiger partial charge in [0, 0.05) is 24.4 Å². The molecular weight excluding hydrogens is 774 g/mol. The number of alkyl carbamates (subject to hydrolysis) is 1. The Morgan fingerprint density at radius 1 is 1.02 bits per heavy atom. The normalized spacial score (nSPS) is 25.6. The van der Waals surface area contributed by atoms with E-state index >= 15 is 0 Å². The molecule has 1 aliphatic carbocycles. The zero-order chi connectivity index (χ0) is 42.0. The fraction of sp³-hybridized carbons (Fsp3) is 0.537. The van der Waals surface area contributed by atoms with E-state index in [0.29, 0.717) is 36.1 Å². The molecule has 3 aliphatic heterocycles. The molecule has 3 heterocycles. The fourth-order valence-electron chi connectivity index (χ4n) is 7.58. The molecule has 314 valence electrons. The van der Waals surface area contributed by atoms with E-state index in [0.717, 1.165) is 6.42 Å². The Kier molecular flexibility index (Phi) is 12.4. The van der Waals surface area contributed by atoms with Gasteiger partial charge in [-0.05, 0) is 96.2 Å². The predicted molar refractivity (Wildman–Crippen MR) is 208 cm³/mol. The Bertz CT molecular complexity index is 2050. The van der Waals surface area contributed by atoms with Crippen LogP contribution in [0.15, 0.2) is 59.5 Å². The standard InChI is InChI=1S/C41H52FN5O10S/c1-25(2)55-28-16-18-30(19-17-28)58(53,54)45-37(50)41-21-27(41)13-9-7-6-8-10-15-33(43-38(51)57-40(3,4)5)36(49)47-23-29(20-34(47)35(48)44-41)56-39(52)46-22-26-12-11-14-32(42)31(26)24-46/h9,11-14,16-19,25,27,29,33-34H,6-8,10,15,20-24H2,1-5H3,(H,43,51)(H,44,48)(H,45,50)/b13-9-/t27-,29-,33+,34+,41-/m1/s1. The van der Waals surface area contributed by atoms with Crippen LogP contribution >= 0.6 is 0 Å². The van der Waals surface area contributed by atoms with Gasteiger partial charge in [-0.2, -0.15) is 0 Å². The molecule has 58 heavy (non-hydrogen) atoms. The van der Waals surface area contributed by atoms with Crippen molar-refractivity contribution >= 4 is 39.9 Å². The molecule has 0 radical (unpaired) electrons. The minimum Gasteiger partial charge on any atom is -0.491 e. The Balaban J connectivity index is 1.25. The predicted octanol–water partition coefficient (Wildman–Crippen LogP) is 4.83. The van der Waals surface area contributed by atoms with Crippen molar-refractivity contribution in [3.05, 3.63) is 71.6 Å². The molecule has 15 nitrogen and oxygen atoms in total. The summed E-state index contributed by atoms with van der Waals surface area (Å²) in [5.41, 5.74) is -1.52. The summed E-state index contributed by atoms with van der Waals surface area (Å²) in [6, 6.07) is 7.77. The number of ether oxygens (including phenoxy) is 3. The molecule has 17 heteroatoms. The number of hydrogen-bond acceptors (Lipinski definition) is 10. The number of carbonyl (C=O) groups is 5. The smallest absolute Gasteiger partial charge is 0.410 e. The monoisotopic (exact) mass is 825 g/mol. The summed E-state index contributed by atoms with van der Waals surface area (Å²) in [6.45, 7) is 8.58. The van der Waals surface area contributed by atoms with Gasteiger partial charge in [0.1, 0.15) is 40.9 Å². The lowest BCUT2D eigenvalue weighted by Gasteiger charge is -2.30. The lowest BCUT2D eigenvalue weighted by Crippen LogP contribution is -2.58. The van der Waals surface area contributed by atoms with Crippen molar-refractivity contribution in [2.75, 3.05) is 6.54 Å². The van der Waals surface area contributed by atoms with E-state index in [1.54, 1.807) is 39.0 Å². The number of hydrogen-bond donors (Lipinski definition) is 3. The van der Waals surface area contributed by atoms with Crippen molar-refractivity contribution in [3.8, 4) is 5.75 Å². The summed E-state index contributed by atoms with van der Waals surface area (Å²) in [5.74, 6) is -2.90. The van der Waals surface area contributed by atoms with E-state index in [9.17, 15) is 36.8 Å². The lowest BCUT2D eigenvalue weighted by atomic mass is 10.0. The van der Waals surface area contributed by atoms with Gasteiger partial charge in [-0.15, -0.1) is 0 Å². The second-order valence-corrected chi connectivity index (χ2v) is 18.3. The molecule has 0 bridgehead atoms. The average Bonchev–Trinajstić information content (AvgIpc) is 3.43. The summed E-state index contributed by atoms with van der Waals surface area (Å²) >= 11 is 0. The van der Waals surface area contributed by atoms with Crippen LogP contribution in [0.4, 0.5) is 14.0 Å². The summed E-state index contributed by atoms with van der Waals surface area (Å²) < 4.78 is 60.5. The molecule has 1 saturated heterocycles. The topological polar surface area (TPSA) is 190 Å². The highest BCUT2D eigenvalue weighted by Gasteiger charge is 2.62. The second kappa shape index (κ2) is 17.0. The Labute approximate surface area is 338 Å². The number of fused-ring (bicyclic) bond motifs is 3. The highest BCUT2D eigenvalue weighted by atomic mass is 32.2. The zero-order valence-corrected chi connectivity index (χ0v) is 34.2. The molecule has 0 spiro atoms. The first-order chi connectivity index (χ1) is 27.3. The summed E-state index contributed by atoms with van der Waals surface area (Å²) in [7, 11) is -4.39. The van der Waals surface area contributed by atoms with Crippen molar-refractivity contribution in [3.63, 3.8) is 0 Å². The van der Waals surface area contributed by atoms with E-state index in [-0.39, 0.29) is 49.9 Å². The SMILES string of the molecule is CC(C)Oc1ccc(S(=O)(=O)NC(=O)[C@@]23C[C@H]2/C=C\CCCCC[C@H](NC(=O)OC(C)(C)C)C(=O)N2C[C@H](OC(=O)N4Cc5cccc(F)c5C4)C[C@H]2C(=O)N3)cc1. The maximum atomic E-state index is 14.5. The van der Waals surface area contributed by atoms with Crippen LogP contribution in [-0.2, 0) is 47.0 Å². The third-order valence-corrected chi connectivity index (χ3v) is 11.9. The first-order valence-corrected chi connectivity index (χ1v) is 21.2.